The number of anilines is 2. The molecule has 0 radical (unpaired) electrons. The van der Waals surface area contributed by atoms with Gasteiger partial charge in [0.1, 0.15) is 0 Å². The molecule has 2 aromatic heterocycles. The van der Waals surface area contributed by atoms with E-state index in [1.807, 2.05) is 6.92 Å². The van der Waals surface area contributed by atoms with E-state index in [9.17, 15) is 31.1 Å². The number of tetrazole rings is 1. The highest BCUT2D eigenvalue weighted by molar-refractivity contribution is 5.90. The fraction of sp³-hybridized carbons (Fsp3) is 0.500. The molecule has 3 heterocycles. The van der Waals surface area contributed by atoms with Crippen LogP contribution in [0.25, 0.3) is 0 Å². The smallest absolute Gasteiger partial charge is 0.416 e. The normalized spacial score (nSPS) is 17.2. The molecule has 1 aromatic carbocycles. The summed E-state index contributed by atoms with van der Waals surface area (Å²) in [5.41, 5.74) is 3.79. The van der Waals surface area contributed by atoms with Gasteiger partial charge in [0.25, 0.3) is 5.95 Å². The summed E-state index contributed by atoms with van der Waals surface area (Å²) in [6.07, 6.45) is -9.97. The van der Waals surface area contributed by atoms with Gasteiger partial charge >= 0.3 is 18.4 Å². The van der Waals surface area contributed by atoms with Crippen LogP contribution in [0.5, 0.6) is 0 Å². The Morgan fingerprint density at radius 3 is 2.33 bits per heavy atom. The molecule has 0 aliphatic carbocycles. The monoisotopic (exact) mass is 600 g/mol. The number of halogens is 6. The van der Waals surface area contributed by atoms with Gasteiger partial charge in [0.05, 0.1) is 41.7 Å². The average molecular weight is 601 g/mol. The molecule has 4 rings (SSSR count). The SMILES string of the molecule is CCOC(=O)N1c2ccc(C)nc2[C@@H](N(Cc2cc(C(F)(F)F)cc(C(F)(F)F)c2)c2nnn(CCN)n2)C[C@H]1CC. The topological polar surface area (TPSA) is 115 Å². The van der Waals surface area contributed by atoms with Crippen molar-refractivity contribution in [2.24, 2.45) is 5.73 Å². The summed E-state index contributed by atoms with van der Waals surface area (Å²) in [5, 5.41) is 12.3. The molecule has 0 bridgehead atoms. The summed E-state index contributed by atoms with van der Waals surface area (Å²) in [7, 11) is 0. The van der Waals surface area contributed by atoms with Gasteiger partial charge in [-0.05, 0) is 67.8 Å². The number of aryl methyl sites for hydroxylation is 1. The highest BCUT2D eigenvalue weighted by atomic mass is 19.4. The maximum absolute atomic E-state index is 13.7. The summed E-state index contributed by atoms with van der Waals surface area (Å²) in [4.78, 5) is 21.8. The van der Waals surface area contributed by atoms with Gasteiger partial charge < -0.3 is 15.4 Å². The maximum Gasteiger partial charge on any atom is 0.416 e. The molecular formula is C26H30F6N8O2. The number of amides is 1. The zero-order chi connectivity index (χ0) is 30.8. The van der Waals surface area contributed by atoms with Gasteiger partial charge in [-0.1, -0.05) is 12.0 Å². The lowest BCUT2D eigenvalue weighted by molar-refractivity contribution is -0.143. The van der Waals surface area contributed by atoms with Crippen LogP contribution in [0, 0.1) is 6.92 Å². The summed E-state index contributed by atoms with van der Waals surface area (Å²) in [6.45, 7) is 5.26. The lowest BCUT2D eigenvalue weighted by Gasteiger charge is -2.43. The summed E-state index contributed by atoms with van der Waals surface area (Å²) < 4.78 is 87.3. The molecule has 1 aliphatic rings. The minimum atomic E-state index is -5.02. The molecule has 0 spiro atoms. The second-order valence-corrected chi connectivity index (χ2v) is 9.76. The van der Waals surface area contributed by atoms with Crippen LogP contribution in [0.3, 0.4) is 0 Å². The molecule has 10 nitrogen and oxygen atoms in total. The fourth-order valence-corrected chi connectivity index (χ4v) is 4.94. The molecule has 42 heavy (non-hydrogen) atoms. The first-order chi connectivity index (χ1) is 19.8. The van der Waals surface area contributed by atoms with Gasteiger partial charge in [0, 0.05) is 24.8 Å². The third-order valence-electron chi connectivity index (χ3n) is 6.82. The van der Waals surface area contributed by atoms with E-state index < -0.39 is 48.2 Å². The van der Waals surface area contributed by atoms with Crippen LogP contribution in [0.15, 0.2) is 30.3 Å². The number of fused-ring (bicyclic) bond motifs is 1. The zero-order valence-electron chi connectivity index (χ0n) is 23.1. The van der Waals surface area contributed by atoms with E-state index in [-0.39, 0.29) is 43.7 Å². The van der Waals surface area contributed by atoms with Crippen LogP contribution in [-0.4, -0.2) is 50.5 Å². The summed E-state index contributed by atoms with van der Waals surface area (Å²) >= 11 is 0. The number of pyridine rings is 1. The van der Waals surface area contributed by atoms with Crippen LogP contribution < -0.4 is 15.5 Å². The molecule has 16 heteroatoms. The highest BCUT2D eigenvalue weighted by Gasteiger charge is 2.42. The average Bonchev–Trinajstić information content (AvgIpc) is 3.38. The minimum absolute atomic E-state index is 0.0480. The predicted molar refractivity (Wildman–Crippen MR) is 139 cm³/mol. The molecule has 0 unspecified atom stereocenters. The Labute approximate surface area is 237 Å². The van der Waals surface area contributed by atoms with Crippen molar-refractivity contribution in [2.75, 3.05) is 23.0 Å². The third-order valence-corrected chi connectivity index (χ3v) is 6.82. The largest absolute Gasteiger partial charge is 0.449 e. The molecule has 2 atom stereocenters. The zero-order valence-corrected chi connectivity index (χ0v) is 23.1. The molecule has 1 aliphatic heterocycles. The third kappa shape index (κ3) is 6.58. The number of hydrogen-bond donors (Lipinski definition) is 1. The molecule has 0 saturated carbocycles. The Kier molecular flexibility index (Phi) is 8.94. The number of carbonyl (C=O) groups is 1. The number of nitrogens with two attached hydrogens (primary N) is 1. The first kappa shape index (κ1) is 31.0. The van der Waals surface area contributed by atoms with Crippen molar-refractivity contribution in [3.05, 3.63) is 58.4 Å². The number of benzene rings is 1. The first-order valence-corrected chi connectivity index (χ1v) is 13.2. The predicted octanol–water partition coefficient (Wildman–Crippen LogP) is 5.27. The molecule has 0 saturated heterocycles. The van der Waals surface area contributed by atoms with Gasteiger partial charge in [-0.15, -0.1) is 5.10 Å². The van der Waals surface area contributed by atoms with E-state index in [2.05, 4.69) is 20.4 Å². The van der Waals surface area contributed by atoms with Crippen molar-refractivity contribution in [3.8, 4) is 0 Å². The molecule has 2 N–H and O–H groups in total. The van der Waals surface area contributed by atoms with E-state index >= 15 is 0 Å². The number of nitrogens with zero attached hydrogens (tertiary/aromatic N) is 7. The van der Waals surface area contributed by atoms with Gasteiger partial charge in [-0.2, -0.15) is 31.1 Å². The first-order valence-electron chi connectivity index (χ1n) is 13.2. The Morgan fingerprint density at radius 2 is 1.76 bits per heavy atom. The Morgan fingerprint density at radius 1 is 1.10 bits per heavy atom. The fourth-order valence-electron chi connectivity index (χ4n) is 4.94. The standard InChI is InChI=1S/C26H30F6N8O2/c1-4-19-13-21(22-20(7-6-15(3)34-22)40(19)24(41)42-5-2)38(23-35-37-39(36-23)9-8-33)14-16-10-17(25(27,28)29)12-18(11-16)26(30,31)32/h6-7,10-12,19,21H,4-5,8-9,13-14,33H2,1-3H3/t19-,21+/m1/s1. The van der Waals surface area contributed by atoms with Crippen molar-refractivity contribution in [3.63, 3.8) is 0 Å². The van der Waals surface area contributed by atoms with Crippen LogP contribution >= 0.6 is 0 Å². The van der Waals surface area contributed by atoms with E-state index in [0.717, 1.165) is 0 Å². The molecule has 3 aromatic rings. The van der Waals surface area contributed by atoms with E-state index in [0.29, 0.717) is 35.6 Å². The van der Waals surface area contributed by atoms with E-state index in [1.165, 1.54) is 14.6 Å². The summed E-state index contributed by atoms with van der Waals surface area (Å²) in [6, 6.07) is 3.60. The Bertz CT molecular complexity index is 1380. The molecular weight excluding hydrogens is 570 g/mol. The lowest BCUT2D eigenvalue weighted by Crippen LogP contribution is -2.48. The number of aromatic nitrogens is 5. The number of hydrogen-bond acceptors (Lipinski definition) is 8. The summed E-state index contributed by atoms with van der Waals surface area (Å²) in [5.74, 6) is -0.0480. The van der Waals surface area contributed by atoms with Crippen molar-refractivity contribution < 1.29 is 35.9 Å². The lowest BCUT2D eigenvalue weighted by atomic mass is 9.91. The minimum Gasteiger partial charge on any atom is -0.449 e. The second-order valence-electron chi connectivity index (χ2n) is 9.76. The van der Waals surface area contributed by atoms with E-state index in [4.69, 9.17) is 10.5 Å². The van der Waals surface area contributed by atoms with Crippen LogP contribution in [-0.2, 0) is 30.2 Å². The van der Waals surface area contributed by atoms with Crippen LogP contribution in [0.2, 0.25) is 0 Å². The van der Waals surface area contributed by atoms with Crippen molar-refractivity contribution in [1.82, 2.24) is 25.2 Å². The van der Waals surface area contributed by atoms with Gasteiger partial charge in [-0.25, -0.2) is 4.79 Å². The van der Waals surface area contributed by atoms with Gasteiger partial charge in [0.15, 0.2) is 0 Å². The number of rotatable bonds is 8. The maximum atomic E-state index is 13.7. The van der Waals surface area contributed by atoms with Crippen LogP contribution in [0.4, 0.5) is 42.8 Å². The molecule has 1 amide bonds. The van der Waals surface area contributed by atoms with E-state index in [1.54, 1.807) is 26.0 Å². The molecule has 228 valence electrons. The van der Waals surface area contributed by atoms with Crippen molar-refractivity contribution in [2.45, 2.75) is 71.1 Å². The Balaban J connectivity index is 1.89. The van der Waals surface area contributed by atoms with Gasteiger partial charge in [-0.3, -0.25) is 9.88 Å². The van der Waals surface area contributed by atoms with Crippen molar-refractivity contribution in [1.29, 1.82) is 0 Å². The number of alkyl halides is 6. The van der Waals surface area contributed by atoms with Gasteiger partial charge in [0.2, 0.25) is 0 Å². The number of ether oxygens (including phenoxy) is 1. The molecule has 0 fully saturated rings. The highest BCUT2D eigenvalue weighted by Crippen LogP contribution is 2.43. The van der Waals surface area contributed by atoms with Crippen LogP contribution in [0.1, 0.15) is 60.8 Å². The number of carbonyl (C=O) groups excluding carboxylic acids is 1. The Hall–Kier alpha value is -3.95. The quantitative estimate of drug-likeness (QED) is 0.348. The van der Waals surface area contributed by atoms with Crippen molar-refractivity contribution >= 4 is 17.7 Å². The second kappa shape index (κ2) is 12.1.